The summed E-state index contributed by atoms with van der Waals surface area (Å²) >= 11 is 2.83. The maximum absolute atomic E-state index is 14.6. The molecule has 0 amide bonds. The smallest absolute Gasteiger partial charge is 0.386 e. The Morgan fingerprint density at radius 3 is 1.77 bits per heavy atom. The minimum absolute atomic E-state index is 0.0163. The maximum atomic E-state index is 14.6. The third-order valence-electron chi connectivity index (χ3n) is 11.2. The molecule has 0 bridgehead atoms. The Morgan fingerprint density at radius 1 is 0.649 bits per heavy atom. The van der Waals surface area contributed by atoms with E-state index in [2.05, 4.69) is 34.2 Å². The Bertz CT molecular complexity index is 2880. The van der Waals surface area contributed by atoms with Gasteiger partial charge in [0.2, 0.25) is 0 Å². The normalized spacial score (nSPS) is 18.0. The van der Waals surface area contributed by atoms with Crippen LogP contribution >= 0.6 is 22.7 Å². The molecule has 2 aliphatic carbocycles. The van der Waals surface area contributed by atoms with Crippen LogP contribution in [0.5, 0.6) is 0 Å². The Morgan fingerprint density at radius 2 is 1.25 bits per heavy atom. The lowest BCUT2D eigenvalue weighted by molar-refractivity contribution is -0.363. The largest absolute Gasteiger partial charge is 0.396 e. The van der Waals surface area contributed by atoms with Crippen LogP contribution in [0.4, 0.5) is 17.3 Å². The number of benzene rings is 2. The SMILES string of the molecule is Nc1ncc(-c2cc(-c3ccccc3)c3c(N)c(S(=O)C4CCC4c4cncc(-c5cc(-c6ccccc6)c6c(N)c(S(=O)C7CCC7)sc6n5)c4)sc3n2)c[nH+]1. The van der Waals surface area contributed by atoms with Crippen LogP contribution in [0.3, 0.4) is 0 Å². The van der Waals surface area contributed by atoms with Gasteiger partial charge >= 0.3 is 5.95 Å². The summed E-state index contributed by atoms with van der Waals surface area (Å²) in [6, 6.07) is 26.4. The third kappa shape index (κ3) is 6.31. The highest BCUT2D eigenvalue weighted by Gasteiger charge is 2.39. The molecule has 10 rings (SSSR count). The molecule has 6 heterocycles. The molecule has 4 unspecified atom stereocenters. The number of hydrogen-bond acceptors (Lipinski definition) is 11. The van der Waals surface area contributed by atoms with E-state index in [1.54, 1.807) is 12.4 Å². The number of nitrogen functional groups attached to an aromatic ring is 3. The first-order valence-electron chi connectivity index (χ1n) is 18.8. The van der Waals surface area contributed by atoms with Crippen LogP contribution in [-0.2, 0) is 21.6 Å². The number of nitrogens with one attached hydrogen (secondary N) is 1. The van der Waals surface area contributed by atoms with E-state index in [1.807, 2.05) is 67.0 Å². The minimum Gasteiger partial charge on any atom is -0.396 e. The van der Waals surface area contributed by atoms with Crippen molar-refractivity contribution in [2.75, 3.05) is 17.2 Å². The molecule has 8 aromatic rings. The van der Waals surface area contributed by atoms with Crippen molar-refractivity contribution in [1.29, 1.82) is 0 Å². The maximum Gasteiger partial charge on any atom is 0.386 e. The lowest BCUT2D eigenvalue weighted by Gasteiger charge is -2.35. The Labute approximate surface area is 341 Å². The zero-order valence-electron chi connectivity index (χ0n) is 30.6. The first kappa shape index (κ1) is 36.0. The van der Waals surface area contributed by atoms with Gasteiger partial charge < -0.3 is 11.5 Å². The lowest BCUT2D eigenvalue weighted by atomic mass is 9.79. The van der Waals surface area contributed by atoms with E-state index >= 15 is 0 Å². The zero-order valence-corrected chi connectivity index (χ0v) is 33.8. The van der Waals surface area contributed by atoms with Crippen LogP contribution in [0, 0.1) is 0 Å². The standard InChI is InChI=1S/C43H36N8O2S4/c44-37-35-30(23-8-3-1-4-9-23)17-32(50-39(35)54-41(37)56(52)28-12-7-13-28)26-16-25(19-47-20-26)29-14-15-34(29)57(53)42-38(45)36-31(24-10-5-2-6-11-24)18-33(51-40(36)55-42)27-21-48-43(46)49-22-27/h1-6,8-11,16-22,28-29,34H,7,12-15,44-45H2,(H2,46,48,49)/p+1. The van der Waals surface area contributed by atoms with Gasteiger partial charge in [0.05, 0.1) is 56.1 Å². The summed E-state index contributed by atoms with van der Waals surface area (Å²) in [5.74, 6) is 0.327. The lowest BCUT2D eigenvalue weighted by Crippen LogP contribution is -2.33. The van der Waals surface area contributed by atoms with Crippen molar-refractivity contribution in [2.24, 2.45) is 0 Å². The van der Waals surface area contributed by atoms with Gasteiger partial charge in [0.25, 0.3) is 0 Å². The van der Waals surface area contributed by atoms with Gasteiger partial charge in [0.15, 0.2) is 0 Å². The van der Waals surface area contributed by atoms with Gasteiger partial charge in [-0.2, -0.15) is 0 Å². The van der Waals surface area contributed by atoms with E-state index in [9.17, 15) is 8.42 Å². The highest BCUT2D eigenvalue weighted by molar-refractivity contribution is 7.88. The van der Waals surface area contributed by atoms with Crippen LogP contribution in [0.2, 0.25) is 0 Å². The molecule has 6 aromatic heterocycles. The number of pyridine rings is 3. The molecule has 2 aliphatic rings. The Kier molecular flexibility index (Phi) is 9.16. The number of anilines is 3. The number of rotatable bonds is 9. The number of aromatic nitrogens is 5. The molecule has 4 atom stereocenters. The fourth-order valence-corrected chi connectivity index (χ4v) is 14.3. The van der Waals surface area contributed by atoms with Gasteiger partial charge in [-0.1, -0.05) is 72.1 Å². The fourth-order valence-electron chi connectivity index (χ4n) is 7.77. The number of thiophene rings is 2. The average Bonchev–Trinajstić information content (AvgIpc) is 3.73. The Hall–Kier alpha value is -5.41. The van der Waals surface area contributed by atoms with Crippen molar-refractivity contribution in [3.63, 3.8) is 0 Å². The number of hydrogen-bond donors (Lipinski definition) is 3. The molecule has 7 N–H and O–H groups in total. The van der Waals surface area contributed by atoms with Gasteiger partial charge in [0.1, 0.15) is 24.3 Å². The van der Waals surface area contributed by atoms with Crippen LogP contribution in [0.15, 0.2) is 112 Å². The quantitative estimate of drug-likeness (QED) is 0.129. The van der Waals surface area contributed by atoms with Crippen molar-refractivity contribution < 1.29 is 13.4 Å². The van der Waals surface area contributed by atoms with Gasteiger partial charge in [-0.3, -0.25) is 19.1 Å². The molecule has 2 aromatic carbocycles. The first-order valence-corrected chi connectivity index (χ1v) is 22.8. The highest BCUT2D eigenvalue weighted by Crippen LogP contribution is 2.49. The number of H-pyrrole nitrogens is 1. The molecule has 2 fully saturated rings. The fraction of sp³-hybridized carbons (Fsp3) is 0.186. The number of nitrogens with zero attached hydrogens (tertiary/aromatic N) is 4. The van der Waals surface area contributed by atoms with E-state index in [0.717, 1.165) is 92.3 Å². The molecule has 284 valence electrons. The van der Waals surface area contributed by atoms with Gasteiger partial charge in [-0.05, 0) is 71.7 Å². The second kappa shape index (κ2) is 14.5. The van der Waals surface area contributed by atoms with Gasteiger partial charge in [-0.25, -0.2) is 15.0 Å². The second-order valence-electron chi connectivity index (χ2n) is 14.6. The summed E-state index contributed by atoms with van der Waals surface area (Å²) < 4.78 is 29.5. The molecule has 0 spiro atoms. The summed E-state index contributed by atoms with van der Waals surface area (Å²) in [4.78, 5) is 23.5. The Balaban J connectivity index is 1.01. The summed E-state index contributed by atoms with van der Waals surface area (Å²) in [7, 11) is -2.57. The topological polar surface area (TPSA) is 178 Å². The van der Waals surface area contributed by atoms with Crippen molar-refractivity contribution in [1.82, 2.24) is 19.9 Å². The predicted molar refractivity (Wildman–Crippen MR) is 233 cm³/mol. The van der Waals surface area contributed by atoms with Crippen LogP contribution in [0.1, 0.15) is 43.6 Å². The number of nitrogens with two attached hydrogens (primary N) is 3. The van der Waals surface area contributed by atoms with Crippen LogP contribution < -0.4 is 22.2 Å². The first-order chi connectivity index (χ1) is 27.8. The minimum atomic E-state index is -1.40. The van der Waals surface area contributed by atoms with Crippen LogP contribution in [0.25, 0.3) is 65.2 Å². The summed E-state index contributed by atoms with van der Waals surface area (Å²) in [6.45, 7) is 0. The zero-order chi connectivity index (χ0) is 38.8. The summed E-state index contributed by atoms with van der Waals surface area (Å²) in [6.07, 6.45) is 11.9. The average molecular weight is 826 g/mol. The molecule has 10 nitrogen and oxygen atoms in total. The molecule has 0 saturated heterocycles. The van der Waals surface area contributed by atoms with E-state index < -0.39 is 21.6 Å². The molecule has 0 radical (unpaired) electrons. The van der Waals surface area contributed by atoms with E-state index in [0.29, 0.717) is 36.3 Å². The van der Waals surface area contributed by atoms with Gasteiger partial charge in [0, 0.05) is 45.1 Å². The van der Waals surface area contributed by atoms with Crippen molar-refractivity contribution in [3.8, 4) is 44.8 Å². The van der Waals surface area contributed by atoms with Crippen molar-refractivity contribution in [3.05, 3.63) is 109 Å². The van der Waals surface area contributed by atoms with Crippen molar-refractivity contribution in [2.45, 2.75) is 56.9 Å². The van der Waals surface area contributed by atoms with E-state index in [4.69, 9.17) is 32.2 Å². The molecular weight excluding hydrogens is 789 g/mol. The molecule has 57 heavy (non-hydrogen) atoms. The number of fused-ring (bicyclic) bond motifs is 2. The number of aromatic amines is 1. The highest BCUT2D eigenvalue weighted by atomic mass is 32.2. The summed E-state index contributed by atoms with van der Waals surface area (Å²) in [5.41, 5.74) is 28.6. The van der Waals surface area contributed by atoms with E-state index in [1.165, 1.54) is 22.7 Å². The monoisotopic (exact) mass is 825 g/mol. The summed E-state index contributed by atoms with van der Waals surface area (Å²) in [5, 5.41) is 1.65. The molecule has 2 saturated carbocycles. The second-order valence-corrected chi connectivity index (χ2v) is 20.4. The van der Waals surface area contributed by atoms with Crippen molar-refractivity contribution >= 4 is 82.0 Å². The van der Waals surface area contributed by atoms with Gasteiger partial charge in [-0.15, -0.1) is 22.7 Å². The van der Waals surface area contributed by atoms with E-state index in [-0.39, 0.29) is 16.4 Å². The predicted octanol–water partition coefficient (Wildman–Crippen LogP) is 8.64. The molecule has 14 heteroatoms. The van der Waals surface area contributed by atoms with Crippen LogP contribution in [-0.4, -0.2) is 38.9 Å². The molecule has 0 aliphatic heterocycles. The third-order valence-corrected chi connectivity index (χ3v) is 17.8. The molecular formula is C43H37N8O2S4+.